The highest BCUT2D eigenvalue weighted by Crippen LogP contribution is 2.43. The number of hydrogen-bond acceptors (Lipinski definition) is 4. The molecule has 0 aromatic heterocycles. The number of ether oxygens (including phenoxy) is 3. The number of rotatable bonds is 5. The lowest BCUT2D eigenvalue weighted by molar-refractivity contribution is -0.141. The van der Waals surface area contributed by atoms with Crippen molar-refractivity contribution in [2.75, 3.05) is 6.61 Å². The smallest absolute Gasteiger partial charge is 0.331 e. The molecule has 1 fully saturated rings. The predicted molar refractivity (Wildman–Crippen MR) is 90.1 cm³/mol. The number of hydrogen-bond donors (Lipinski definition) is 0. The third-order valence-electron chi connectivity index (χ3n) is 4.58. The van der Waals surface area contributed by atoms with Crippen molar-refractivity contribution in [2.45, 2.75) is 44.5 Å². The Hall–Kier alpha value is -2.07. The third kappa shape index (κ3) is 3.70. The van der Waals surface area contributed by atoms with E-state index in [1.165, 1.54) is 17.2 Å². The Balaban J connectivity index is 1.29. The molecule has 1 aliphatic heterocycles. The van der Waals surface area contributed by atoms with Gasteiger partial charge >= 0.3 is 5.97 Å². The van der Waals surface area contributed by atoms with Crippen LogP contribution >= 0.6 is 0 Å². The lowest BCUT2D eigenvalue weighted by atomic mass is 10.1. The highest BCUT2D eigenvalue weighted by Gasteiger charge is 2.34. The molecule has 4 heteroatoms. The molecule has 2 atom stereocenters. The molecule has 1 heterocycles. The first kappa shape index (κ1) is 15.5. The monoisotopic (exact) mass is 325 g/mol. The topological polar surface area (TPSA) is 44.8 Å². The predicted octanol–water partition coefficient (Wildman–Crippen LogP) is 3.83. The maximum Gasteiger partial charge on any atom is 0.331 e. The second-order valence-corrected chi connectivity index (χ2v) is 6.41. The molecular weight excluding hydrogens is 304 g/mol. The second-order valence-electron chi connectivity index (χ2n) is 6.41. The summed E-state index contributed by atoms with van der Waals surface area (Å²) >= 11 is 0. The molecule has 0 bridgehead atoms. The number of benzene rings is 1. The van der Waals surface area contributed by atoms with Gasteiger partial charge in [-0.2, -0.15) is 0 Å². The fraction of sp³-hybridized carbons (Fsp3) is 0.400. The van der Waals surface area contributed by atoms with Crippen molar-refractivity contribution in [3.63, 3.8) is 0 Å². The van der Waals surface area contributed by atoms with E-state index in [4.69, 9.17) is 14.2 Å². The van der Waals surface area contributed by atoms with E-state index in [-0.39, 0.29) is 18.4 Å². The molecule has 3 aliphatic rings. The summed E-state index contributed by atoms with van der Waals surface area (Å²) in [6.45, 7) is 0.769. The minimum Gasteiger partial charge on any atom is -0.465 e. The molecule has 0 N–H and O–H groups in total. The van der Waals surface area contributed by atoms with Crippen molar-refractivity contribution < 1.29 is 19.0 Å². The maximum absolute atomic E-state index is 12.0. The first-order valence-electron chi connectivity index (χ1n) is 8.63. The highest BCUT2D eigenvalue weighted by molar-refractivity contribution is 5.87. The molecule has 1 aromatic rings. The Labute approximate surface area is 142 Å². The Morgan fingerprint density at radius 2 is 2.04 bits per heavy atom. The Morgan fingerprint density at radius 1 is 1.17 bits per heavy atom. The maximum atomic E-state index is 12.0. The van der Waals surface area contributed by atoms with Gasteiger partial charge in [-0.1, -0.05) is 17.7 Å². The van der Waals surface area contributed by atoms with Gasteiger partial charge in [-0.15, -0.1) is 0 Å². The van der Waals surface area contributed by atoms with E-state index < -0.39 is 0 Å². The first-order chi connectivity index (χ1) is 11.8. The van der Waals surface area contributed by atoms with Crippen LogP contribution in [0.5, 0.6) is 5.75 Å². The molecular formula is C20H21O4. The lowest BCUT2D eigenvalue weighted by Crippen LogP contribution is -2.17. The number of esters is 1. The molecule has 24 heavy (non-hydrogen) atoms. The standard InChI is InChI=1S/C20H21O4/c21-19(24-18-4-1-3-15-13-17(15)18)11-8-14-6-9-16(10-7-14)23-20-5-2-12-22-20/h6-11,13,18,20H,1-5,12H2/b11-8+. The van der Waals surface area contributed by atoms with Crippen LogP contribution in [0.2, 0.25) is 0 Å². The van der Waals surface area contributed by atoms with Crippen molar-refractivity contribution in [1.29, 1.82) is 0 Å². The van der Waals surface area contributed by atoms with Crippen LogP contribution in [-0.4, -0.2) is 25.0 Å². The van der Waals surface area contributed by atoms with Crippen LogP contribution in [0.1, 0.15) is 37.7 Å². The second kappa shape index (κ2) is 6.81. The molecule has 4 nitrogen and oxygen atoms in total. The Bertz CT molecular complexity index is 665. The molecule has 2 aliphatic carbocycles. The fourth-order valence-corrected chi connectivity index (χ4v) is 3.22. The van der Waals surface area contributed by atoms with E-state index in [2.05, 4.69) is 6.42 Å². The fourth-order valence-electron chi connectivity index (χ4n) is 3.22. The molecule has 0 spiro atoms. The van der Waals surface area contributed by atoms with E-state index in [1.54, 1.807) is 6.08 Å². The summed E-state index contributed by atoms with van der Waals surface area (Å²) in [4.78, 5) is 12.0. The molecule has 1 saturated heterocycles. The van der Waals surface area contributed by atoms with Gasteiger partial charge < -0.3 is 14.2 Å². The van der Waals surface area contributed by atoms with Crippen molar-refractivity contribution in [1.82, 2.24) is 0 Å². The van der Waals surface area contributed by atoms with E-state index >= 15 is 0 Å². The van der Waals surface area contributed by atoms with Gasteiger partial charge in [-0.3, -0.25) is 0 Å². The first-order valence-corrected chi connectivity index (χ1v) is 8.63. The minimum atomic E-state index is -0.284. The van der Waals surface area contributed by atoms with Gasteiger partial charge in [0.1, 0.15) is 11.9 Å². The van der Waals surface area contributed by atoms with Gasteiger partial charge in [-0.05, 0) is 55.0 Å². The largest absolute Gasteiger partial charge is 0.465 e. The van der Waals surface area contributed by atoms with Gasteiger partial charge in [0.05, 0.1) is 6.61 Å². The van der Waals surface area contributed by atoms with Gasteiger partial charge in [-0.25, -0.2) is 4.79 Å². The van der Waals surface area contributed by atoms with Crippen LogP contribution in [0.25, 0.3) is 6.08 Å². The summed E-state index contributed by atoms with van der Waals surface area (Å²) in [6, 6.07) is 7.63. The average molecular weight is 325 g/mol. The normalized spacial score (nSPS) is 25.7. The molecule has 0 saturated carbocycles. The number of carbonyl (C=O) groups is 1. The SMILES string of the molecule is O=C(/C=C/c1ccc(OC2CCCO2)cc1)OC1CCCC2=C1[CH]2. The number of carbonyl (C=O) groups excluding carboxylic acids is 1. The zero-order chi connectivity index (χ0) is 16.4. The summed E-state index contributed by atoms with van der Waals surface area (Å²) in [5, 5.41) is 0. The van der Waals surface area contributed by atoms with Crippen molar-refractivity contribution >= 4 is 12.0 Å². The van der Waals surface area contributed by atoms with Gasteiger partial charge in [0.15, 0.2) is 6.29 Å². The zero-order valence-electron chi connectivity index (χ0n) is 13.6. The minimum absolute atomic E-state index is 0.0342. The zero-order valence-corrected chi connectivity index (χ0v) is 13.6. The highest BCUT2D eigenvalue weighted by atomic mass is 16.7. The van der Waals surface area contributed by atoms with Crippen LogP contribution in [0.4, 0.5) is 0 Å². The Kier molecular flexibility index (Phi) is 4.39. The van der Waals surface area contributed by atoms with Crippen LogP contribution in [0, 0.1) is 6.42 Å². The van der Waals surface area contributed by atoms with Crippen LogP contribution in [0.3, 0.4) is 0 Å². The van der Waals surface area contributed by atoms with Gasteiger partial charge in [0.2, 0.25) is 0 Å². The lowest BCUT2D eigenvalue weighted by Gasteiger charge is -2.15. The molecule has 2 unspecified atom stereocenters. The van der Waals surface area contributed by atoms with E-state index in [0.29, 0.717) is 0 Å². The summed E-state index contributed by atoms with van der Waals surface area (Å²) in [7, 11) is 0. The van der Waals surface area contributed by atoms with Crippen molar-refractivity contribution in [3.8, 4) is 5.75 Å². The van der Waals surface area contributed by atoms with Crippen LogP contribution in [-0.2, 0) is 14.3 Å². The van der Waals surface area contributed by atoms with E-state index in [9.17, 15) is 4.79 Å². The van der Waals surface area contributed by atoms with Crippen molar-refractivity contribution in [2.24, 2.45) is 0 Å². The molecule has 4 rings (SSSR count). The molecule has 125 valence electrons. The Morgan fingerprint density at radius 3 is 2.83 bits per heavy atom. The summed E-state index contributed by atoms with van der Waals surface area (Å²) in [6.07, 6.45) is 10.4. The van der Waals surface area contributed by atoms with E-state index in [1.807, 2.05) is 24.3 Å². The third-order valence-corrected chi connectivity index (χ3v) is 4.58. The molecule has 1 radical (unpaired) electrons. The van der Waals surface area contributed by atoms with Crippen molar-refractivity contribution in [3.05, 3.63) is 53.5 Å². The van der Waals surface area contributed by atoms with E-state index in [0.717, 1.165) is 50.0 Å². The van der Waals surface area contributed by atoms with Crippen LogP contribution < -0.4 is 4.74 Å². The number of allylic oxidation sites excluding steroid dienone is 1. The average Bonchev–Trinajstić information content (AvgIpc) is 3.23. The quantitative estimate of drug-likeness (QED) is 0.610. The molecule has 0 amide bonds. The summed E-state index contributed by atoms with van der Waals surface area (Å²) in [5.74, 6) is 0.501. The molecule has 1 aromatic carbocycles. The van der Waals surface area contributed by atoms with Gasteiger partial charge in [0.25, 0.3) is 0 Å². The van der Waals surface area contributed by atoms with Gasteiger partial charge in [0, 0.05) is 18.9 Å². The van der Waals surface area contributed by atoms with Crippen LogP contribution in [0.15, 0.2) is 41.5 Å². The summed E-state index contributed by atoms with van der Waals surface area (Å²) in [5.41, 5.74) is 3.55. The summed E-state index contributed by atoms with van der Waals surface area (Å²) < 4.78 is 16.7.